The minimum atomic E-state index is 0.501. The average Bonchev–Trinajstić information content (AvgIpc) is 2.43. The fourth-order valence-electron chi connectivity index (χ4n) is 2.78. The first-order chi connectivity index (χ1) is 9.22. The lowest BCUT2D eigenvalue weighted by molar-refractivity contribution is 0.274. The van der Waals surface area contributed by atoms with Crippen molar-refractivity contribution in [2.75, 3.05) is 34.3 Å². The first kappa shape index (κ1) is 14.4. The molecular formula is C16H26N2O. The molecule has 3 nitrogen and oxygen atoms in total. The monoisotopic (exact) mass is 262 g/mol. The van der Waals surface area contributed by atoms with E-state index in [9.17, 15) is 0 Å². The van der Waals surface area contributed by atoms with Gasteiger partial charge in [0.25, 0.3) is 0 Å². The SMILES string of the molecule is CNCCCC(c1ccc2c(c1)CCCO2)N(C)C. The number of hydrogen-bond donors (Lipinski definition) is 1. The molecule has 0 radical (unpaired) electrons. The molecule has 0 saturated carbocycles. The zero-order chi connectivity index (χ0) is 13.7. The summed E-state index contributed by atoms with van der Waals surface area (Å²) in [6.45, 7) is 1.95. The fourth-order valence-corrected chi connectivity index (χ4v) is 2.78. The van der Waals surface area contributed by atoms with Gasteiger partial charge in [-0.15, -0.1) is 0 Å². The highest BCUT2D eigenvalue weighted by atomic mass is 16.5. The van der Waals surface area contributed by atoms with Gasteiger partial charge in [-0.3, -0.25) is 0 Å². The van der Waals surface area contributed by atoms with E-state index in [0.29, 0.717) is 6.04 Å². The maximum absolute atomic E-state index is 5.69. The predicted octanol–water partition coefficient (Wildman–Crippen LogP) is 2.61. The molecule has 0 aromatic heterocycles. The maximum Gasteiger partial charge on any atom is 0.122 e. The third-order valence-corrected chi connectivity index (χ3v) is 3.85. The number of nitrogens with one attached hydrogen (secondary N) is 1. The molecule has 2 rings (SSSR count). The van der Waals surface area contributed by atoms with Crippen molar-refractivity contribution >= 4 is 0 Å². The van der Waals surface area contributed by atoms with E-state index in [1.54, 1.807) is 0 Å². The molecule has 19 heavy (non-hydrogen) atoms. The second kappa shape index (κ2) is 6.92. The summed E-state index contributed by atoms with van der Waals surface area (Å²) in [6, 6.07) is 7.23. The Morgan fingerprint density at radius 1 is 1.37 bits per heavy atom. The van der Waals surface area contributed by atoms with Crippen LogP contribution in [-0.2, 0) is 6.42 Å². The third-order valence-electron chi connectivity index (χ3n) is 3.85. The van der Waals surface area contributed by atoms with Gasteiger partial charge in [0.2, 0.25) is 0 Å². The van der Waals surface area contributed by atoms with Crippen molar-refractivity contribution in [1.82, 2.24) is 10.2 Å². The molecule has 0 aliphatic carbocycles. The summed E-state index contributed by atoms with van der Waals surface area (Å²) in [7, 11) is 6.35. The molecule has 106 valence electrons. The first-order valence-corrected chi connectivity index (χ1v) is 7.29. The van der Waals surface area contributed by atoms with E-state index in [4.69, 9.17) is 4.74 Å². The van der Waals surface area contributed by atoms with E-state index in [1.807, 2.05) is 7.05 Å². The molecule has 3 heteroatoms. The summed E-state index contributed by atoms with van der Waals surface area (Å²) in [5.74, 6) is 1.09. The molecular weight excluding hydrogens is 236 g/mol. The van der Waals surface area contributed by atoms with Crippen molar-refractivity contribution in [2.45, 2.75) is 31.7 Å². The Bertz CT molecular complexity index is 404. The summed E-state index contributed by atoms with van der Waals surface area (Å²) in [5.41, 5.74) is 2.80. The number of ether oxygens (including phenoxy) is 1. The van der Waals surface area contributed by atoms with Gasteiger partial charge in [-0.05, 0) is 70.6 Å². The highest BCUT2D eigenvalue weighted by Gasteiger charge is 2.17. The van der Waals surface area contributed by atoms with Crippen LogP contribution < -0.4 is 10.1 Å². The van der Waals surface area contributed by atoms with Gasteiger partial charge < -0.3 is 15.0 Å². The largest absolute Gasteiger partial charge is 0.493 e. The molecule has 1 atom stereocenters. The summed E-state index contributed by atoms with van der Waals surface area (Å²) in [5, 5.41) is 3.22. The Kier molecular flexibility index (Phi) is 5.23. The average molecular weight is 262 g/mol. The quantitative estimate of drug-likeness (QED) is 0.798. The van der Waals surface area contributed by atoms with E-state index >= 15 is 0 Å². The van der Waals surface area contributed by atoms with Crippen molar-refractivity contribution in [2.24, 2.45) is 0 Å². The standard InChI is InChI=1S/C16H26N2O/c1-17-10-4-7-15(18(2)3)13-8-9-16-14(12-13)6-5-11-19-16/h8-9,12,15,17H,4-7,10-11H2,1-3H3. The number of rotatable bonds is 6. The smallest absolute Gasteiger partial charge is 0.122 e. The van der Waals surface area contributed by atoms with E-state index < -0.39 is 0 Å². The molecule has 1 N–H and O–H groups in total. The minimum absolute atomic E-state index is 0.501. The van der Waals surface area contributed by atoms with Crippen molar-refractivity contribution < 1.29 is 4.74 Å². The second-order valence-electron chi connectivity index (χ2n) is 5.54. The van der Waals surface area contributed by atoms with Crippen LogP contribution in [0.5, 0.6) is 5.75 Å². The normalized spacial score (nSPS) is 16.0. The zero-order valence-corrected chi connectivity index (χ0v) is 12.4. The van der Waals surface area contributed by atoms with E-state index in [0.717, 1.165) is 31.7 Å². The molecule has 0 saturated heterocycles. The number of benzene rings is 1. The van der Waals surface area contributed by atoms with Gasteiger partial charge in [-0.1, -0.05) is 12.1 Å². The Morgan fingerprint density at radius 3 is 2.95 bits per heavy atom. The van der Waals surface area contributed by atoms with Crippen LogP contribution >= 0.6 is 0 Å². The van der Waals surface area contributed by atoms with Crippen molar-refractivity contribution in [3.8, 4) is 5.75 Å². The Balaban J connectivity index is 2.12. The number of fused-ring (bicyclic) bond motifs is 1. The molecule has 1 aliphatic rings. The van der Waals surface area contributed by atoms with Crippen LogP contribution in [0.25, 0.3) is 0 Å². The van der Waals surface area contributed by atoms with Crippen LogP contribution in [-0.4, -0.2) is 39.2 Å². The van der Waals surface area contributed by atoms with Gasteiger partial charge >= 0.3 is 0 Å². The van der Waals surface area contributed by atoms with Crippen LogP contribution in [0.4, 0.5) is 0 Å². The maximum atomic E-state index is 5.69. The second-order valence-corrected chi connectivity index (χ2v) is 5.54. The molecule has 1 aromatic rings. The van der Waals surface area contributed by atoms with Crippen molar-refractivity contribution in [3.63, 3.8) is 0 Å². The van der Waals surface area contributed by atoms with Crippen molar-refractivity contribution in [3.05, 3.63) is 29.3 Å². The van der Waals surface area contributed by atoms with Crippen LogP contribution in [0.2, 0.25) is 0 Å². The summed E-state index contributed by atoms with van der Waals surface area (Å²) in [6.07, 6.45) is 4.68. The van der Waals surface area contributed by atoms with E-state index in [2.05, 4.69) is 42.5 Å². The molecule has 0 amide bonds. The summed E-state index contributed by atoms with van der Waals surface area (Å²) >= 11 is 0. The summed E-state index contributed by atoms with van der Waals surface area (Å²) < 4.78 is 5.69. The van der Waals surface area contributed by atoms with Crippen LogP contribution in [0.15, 0.2) is 18.2 Å². The lowest BCUT2D eigenvalue weighted by Gasteiger charge is -2.27. The summed E-state index contributed by atoms with van der Waals surface area (Å²) in [4.78, 5) is 2.32. The predicted molar refractivity (Wildman–Crippen MR) is 79.8 cm³/mol. The number of nitrogens with zero attached hydrogens (tertiary/aromatic N) is 1. The molecule has 1 unspecified atom stereocenters. The van der Waals surface area contributed by atoms with Gasteiger partial charge in [0.05, 0.1) is 6.61 Å². The molecule has 1 heterocycles. The highest BCUT2D eigenvalue weighted by molar-refractivity contribution is 5.39. The Labute approximate surface area is 116 Å². The van der Waals surface area contributed by atoms with Gasteiger partial charge in [0.1, 0.15) is 5.75 Å². The van der Waals surface area contributed by atoms with E-state index in [-0.39, 0.29) is 0 Å². The molecule has 1 aliphatic heterocycles. The molecule has 0 bridgehead atoms. The van der Waals surface area contributed by atoms with Crippen LogP contribution in [0, 0.1) is 0 Å². The topological polar surface area (TPSA) is 24.5 Å². The number of aryl methyl sites for hydroxylation is 1. The molecule has 1 aromatic carbocycles. The van der Waals surface area contributed by atoms with Crippen LogP contribution in [0.1, 0.15) is 36.4 Å². The fraction of sp³-hybridized carbons (Fsp3) is 0.625. The first-order valence-electron chi connectivity index (χ1n) is 7.29. The Morgan fingerprint density at radius 2 is 2.21 bits per heavy atom. The van der Waals surface area contributed by atoms with Gasteiger partial charge in [0, 0.05) is 6.04 Å². The third kappa shape index (κ3) is 3.71. The van der Waals surface area contributed by atoms with Gasteiger partial charge in [-0.25, -0.2) is 0 Å². The lowest BCUT2D eigenvalue weighted by atomic mass is 9.96. The minimum Gasteiger partial charge on any atom is -0.493 e. The molecule has 0 fully saturated rings. The highest BCUT2D eigenvalue weighted by Crippen LogP contribution is 2.31. The van der Waals surface area contributed by atoms with E-state index in [1.165, 1.54) is 24.0 Å². The lowest BCUT2D eigenvalue weighted by Crippen LogP contribution is -2.22. The molecule has 0 spiro atoms. The zero-order valence-electron chi connectivity index (χ0n) is 12.4. The van der Waals surface area contributed by atoms with Crippen molar-refractivity contribution in [1.29, 1.82) is 0 Å². The van der Waals surface area contributed by atoms with Gasteiger partial charge in [-0.2, -0.15) is 0 Å². The van der Waals surface area contributed by atoms with Gasteiger partial charge in [0.15, 0.2) is 0 Å². The number of hydrogen-bond acceptors (Lipinski definition) is 3. The Hall–Kier alpha value is -1.06. The van der Waals surface area contributed by atoms with Crippen LogP contribution in [0.3, 0.4) is 0 Å².